The Hall–Kier alpha value is -1.76. The zero-order chi connectivity index (χ0) is 13.1. The molecule has 1 N–H and O–H groups in total. The molecule has 0 saturated carbocycles. The van der Waals surface area contributed by atoms with E-state index in [4.69, 9.17) is 5.11 Å². The summed E-state index contributed by atoms with van der Waals surface area (Å²) in [6.45, 7) is 3.92. The van der Waals surface area contributed by atoms with Crippen molar-refractivity contribution in [3.63, 3.8) is 0 Å². The van der Waals surface area contributed by atoms with Gasteiger partial charge in [0.25, 0.3) is 0 Å². The quantitative estimate of drug-likeness (QED) is 0.896. The van der Waals surface area contributed by atoms with E-state index in [9.17, 15) is 4.79 Å². The second kappa shape index (κ2) is 5.26. The van der Waals surface area contributed by atoms with E-state index >= 15 is 0 Å². The van der Waals surface area contributed by atoms with Crippen molar-refractivity contribution in [2.45, 2.75) is 32.7 Å². The van der Waals surface area contributed by atoms with E-state index in [1.807, 2.05) is 24.6 Å². The molecule has 0 bridgehead atoms. The molecule has 2 rings (SSSR count). The van der Waals surface area contributed by atoms with Gasteiger partial charge in [0.2, 0.25) is 0 Å². The highest BCUT2D eigenvalue weighted by Gasteiger charge is 2.20. The molecule has 96 valence electrons. The molecule has 6 nitrogen and oxygen atoms in total. The minimum absolute atomic E-state index is 0.0255. The number of hydrogen-bond donors (Lipinski definition) is 1. The summed E-state index contributed by atoms with van der Waals surface area (Å²) in [4.78, 5) is 10.8. The topological polar surface area (TPSA) is 80.9 Å². The third-order valence-corrected chi connectivity index (χ3v) is 3.68. The second-order valence-electron chi connectivity index (χ2n) is 4.08. The maximum absolute atomic E-state index is 10.8. The van der Waals surface area contributed by atoms with Gasteiger partial charge in [0, 0.05) is 10.9 Å². The van der Waals surface area contributed by atoms with Crippen LogP contribution >= 0.6 is 11.3 Å². The van der Waals surface area contributed by atoms with Gasteiger partial charge in [0.15, 0.2) is 5.82 Å². The average molecular weight is 266 g/mol. The van der Waals surface area contributed by atoms with E-state index < -0.39 is 5.97 Å². The number of aromatic nitrogens is 4. The zero-order valence-corrected chi connectivity index (χ0v) is 11.0. The fourth-order valence-electron chi connectivity index (χ4n) is 1.81. The van der Waals surface area contributed by atoms with Gasteiger partial charge in [-0.1, -0.05) is 6.92 Å². The van der Waals surface area contributed by atoms with E-state index in [2.05, 4.69) is 15.5 Å². The highest BCUT2D eigenvalue weighted by Crippen LogP contribution is 2.27. The highest BCUT2D eigenvalue weighted by atomic mass is 32.1. The van der Waals surface area contributed by atoms with Crippen molar-refractivity contribution in [2.75, 3.05) is 0 Å². The fourth-order valence-corrected chi connectivity index (χ4v) is 2.64. The minimum atomic E-state index is -0.842. The number of aryl methyl sites for hydroxylation is 1. The SMILES string of the molecule is CCC(CC(=O)O)n1nnnc1-c1cscc1C. The van der Waals surface area contributed by atoms with E-state index in [0.717, 1.165) is 11.1 Å². The smallest absolute Gasteiger partial charge is 0.305 e. The molecule has 0 saturated heterocycles. The molecule has 2 aromatic rings. The lowest BCUT2D eigenvalue weighted by Crippen LogP contribution is -2.15. The lowest BCUT2D eigenvalue weighted by atomic mass is 10.1. The summed E-state index contributed by atoms with van der Waals surface area (Å²) >= 11 is 1.58. The molecular weight excluding hydrogens is 252 g/mol. The average Bonchev–Trinajstić information content (AvgIpc) is 2.93. The number of carbonyl (C=O) groups is 1. The van der Waals surface area contributed by atoms with Gasteiger partial charge in [-0.3, -0.25) is 4.79 Å². The van der Waals surface area contributed by atoms with Crippen LogP contribution in [0.5, 0.6) is 0 Å². The molecule has 1 atom stereocenters. The number of hydrogen-bond acceptors (Lipinski definition) is 5. The van der Waals surface area contributed by atoms with Gasteiger partial charge >= 0.3 is 5.97 Å². The number of thiophene rings is 1. The molecule has 0 aliphatic carbocycles. The van der Waals surface area contributed by atoms with Crippen LogP contribution in [0.2, 0.25) is 0 Å². The van der Waals surface area contributed by atoms with Crippen LogP contribution in [0, 0.1) is 6.92 Å². The van der Waals surface area contributed by atoms with Crippen molar-refractivity contribution in [3.05, 3.63) is 16.3 Å². The maximum Gasteiger partial charge on any atom is 0.305 e. The van der Waals surface area contributed by atoms with Gasteiger partial charge in [-0.05, 0) is 34.7 Å². The summed E-state index contributed by atoms with van der Waals surface area (Å²) in [6, 6.07) is -0.216. The summed E-state index contributed by atoms with van der Waals surface area (Å²) in [5.74, 6) is -0.202. The summed E-state index contributed by atoms with van der Waals surface area (Å²) in [5.41, 5.74) is 2.06. The van der Waals surface area contributed by atoms with Gasteiger partial charge in [-0.15, -0.1) is 5.10 Å². The molecular formula is C11H14N4O2S. The number of aliphatic carboxylic acids is 1. The number of tetrazole rings is 1. The third kappa shape index (κ3) is 2.40. The van der Waals surface area contributed by atoms with E-state index in [1.54, 1.807) is 16.0 Å². The van der Waals surface area contributed by atoms with Crippen LogP contribution in [-0.2, 0) is 4.79 Å². The van der Waals surface area contributed by atoms with Gasteiger partial charge in [0.1, 0.15) is 0 Å². The largest absolute Gasteiger partial charge is 0.481 e. The fraction of sp³-hybridized carbons (Fsp3) is 0.455. The van der Waals surface area contributed by atoms with Crippen molar-refractivity contribution in [3.8, 4) is 11.4 Å². The molecule has 0 radical (unpaired) electrons. The monoisotopic (exact) mass is 266 g/mol. The van der Waals surface area contributed by atoms with Crippen LogP contribution in [0.1, 0.15) is 31.4 Å². The number of carboxylic acid groups (broad SMARTS) is 1. The summed E-state index contributed by atoms with van der Waals surface area (Å²) < 4.78 is 1.61. The van der Waals surface area contributed by atoms with E-state index in [0.29, 0.717) is 12.2 Å². The Morgan fingerprint density at radius 2 is 2.33 bits per heavy atom. The lowest BCUT2D eigenvalue weighted by molar-refractivity contribution is -0.138. The Labute approximate surface area is 108 Å². The molecule has 0 aliphatic heterocycles. The van der Waals surface area contributed by atoms with E-state index in [-0.39, 0.29) is 12.5 Å². The molecule has 0 spiro atoms. The second-order valence-corrected chi connectivity index (χ2v) is 4.82. The van der Waals surface area contributed by atoms with Crippen molar-refractivity contribution in [2.24, 2.45) is 0 Å². The Bertz CT molecular complexity index is 549. The molecule has 0 aromatic carbocycles. The molecule has 0 amide bonds. The summed E-state index contributed by atoms with van der Waals surface area (Å²) in [7, 11) is 0. The third-order valence-electron chi connectivity index (χ3n) is 2.82. The first-order chi connectivity index (χ1) is 8.63. The zero-order valence-electron chi connectivity index (χ0n) is 10.2. The Morgan fingerprint density at radius 1 is 1.56 bits per heavy atom. The first-order valence-corrected chi connectivity index (χ1v) is 6.60. The van der Waals surface area contributed by atoms with E-state index in [1.165, 1.54) is 0 Å². The molecule has 2 heterocycles. The minimum Gasteiger partial charge on any atom is -0.481 e. The van der Waals surface area contributed by atoms with Crippen molar-refractivity contribution in [1.29, 1.82) is 0 Å². The lowest BCUT2D eigenvalue weighted by Gasteiger charge is -2.14. The van der Waals surface area contributed by atoms with Gasteiger partial charge in [-0.2, -0.15) is 11.3 Å². The number of carboxylic acids is 1. The van der Waals surface area contributed by atoms with Crippen LogP contribution in [0.4, 0.5) is 0 Å². The molecule has 7 heteroatoms. The Kier molecular flexibility index (Phi) is 3.71. The van der Waals surface area contributed by atoms with Gasteiger partial charge in [-0.25, -0.2) is 4.68 Å². The Morgan fingerprint density at radius 3 is 2.89 bits per heavy atom. The van der Waals surface area contributed by atoms with Crippen LogP contribution in [-0.4, -0.2) is 31.3 Å². The van der Waals surface area contributed by atoms with Crippen LogP contribution in [0.15, 0.2) is 10.8 Å². The predicted octanol–water partition coefficient (Wildman–Crippen LogP) is 2.14. The summed E-state index contributed by atoms with van der Waals surface area (Å²) in [5, 5.41) is 24.5. The standard InChI is InChI=1S/C11H14N4O2S/c1-3-8(4-10(16)17)15-11(12-13-14-15)9-6-18-5-7(9)2/h5-6,8H,3-4H2,1-2H3,(H,16,17). The first kappa shape index (κ1) is 12.7. The Balaban J connectivity index is 2.38. The van der Waals surface area contributed by atoms with Gasteiger partial charge < -0.3 is 5.11 Å². The first-order valence-electron chi connectivity index (χ1n) is 5.66. The van der Waals surface area contributed by atoms with Crippen molar-refractivity contribution >= 4 is 17.3 Å². The molecule has 2 aromatic heterocycles. The van der Waals surface area contributed by atoms with Crippen molar-refractivity contribution < 1.29 is 9.90 Å². The number of nitrogens with zero attached hydrogens (tertiary/aromatic N) is 4. The van der Waals surface area contributed by atoms with Gasteiger partial charge in [0.05, 0.1) is 12.5 Å². The van der Waals surface area contributed by atoms with Crippen LogP contribution in [0.3, 0.4) is 0 Å². The molecule has 0 aliphatic rings. The van der Waals surface area contributed by atoms with Crippen LogP contribution < -0.4 is 0 Å². The predicted molar refractivity (Wildman–Crippen MR) is 67.4 cm³/mol. The number of rotatable bonds is 5. The normalized spacial score (nSPS) is 12.6. The molecule has 1 unspecified atom stereocenters. The van der Waals surface area contributed by atoms with Crippen molar-refractivity contribution in [1.82, 2.24) is 20.2 Å². The molecule has 18 heavy (non-hydrogen) atoms. The maximum atomic E-state index is 10.8. The highest BCUT2D eigenvalue weighted by molar-refractivity contribution is 7.08. The molecule has 0 fully saturated rings. The van der Waals surface area contributed by atoms with Crippen LogP contribution in [0.25, 0.3) is 11.4 Å². The summed E-state index contributed by atoms with van der Waals surface area (Å²) in [6.07, 6.45) is 0.700.